The maximum absolute atomic E-state index is 12.1. The van der Waals surface area contributed by atoms with Crippen molar-refractivity contribution in [1.29, 1.82) is 0 Å². The molecule has 0 spiro atoms. The number of rotatable bonds is 0. The van der Waals surface area contributed by atoms with Crippen LogP contribution in [-0.2, 0) is 0 Å². The van der Waals surface area contributed by atoms with E-state index in [1.807, 2.05) is 13.0 Å². The first-order valence-electron chi connectivity index (χ1n) is 5.66. The lowest BCUT2D eigenvalue weighted by Crippen LogP contribution is -2.37. The minimum absolute atomic E-state index is 0.271. The Morgan fingerprint density at radius 1 is 1.11 bits per heavy atom. The predicted molar refractivity (Wildman–Crippen MR) is 69.5 cm³/mol. The van der Waals surface area contributed by atoms with Crippen molar-refractivity contribution in [3.05, 3.63) is 41.0 Å². The zero-order valence-electron chi connectivity index (χ0n) is 10.2. The van der Waals surface area contributed by atoms with Gasteiger partial charge in [-0.25, -0.2) is 0 Å². The fourth-order valence-corrected chi connectivity index (χ4v) is 2.45. The monoisotopic (exact) mass is 240 g/mol. The van der Waals surface area contributed by atoms with Gasteiger partial charge in [0.2, 0.25) is 0 Å². The number of nitrogens with two attached hydrogens (primary N) is 1. The van der Waals surface area contributed by atoms with Gasteiger partial charge in [-0.1, -0.05) is 12.1 Å². The topological polar surface area (TPSA) is 63.4 Å². The van der Waals surface area contributed by atoms with E-state index in [9.17, 15) is 9.59 Å². The molecule has 0 aliphatic carbocycles. The molecule has 0 atom stereocenters. The lowest BCUT2D eigenvalue weighted by Gasteiger charge is -2.24. The average molecular weight is 240 g/mol. The Morgan fingerprint density at radius 3 is 2.50 bits per heavy atom. The van der Waals surface area contributed by atoms with E-state index in [0.29, 0.717) is 22.2 Å². The molecule has 0 saturated carbocycles. The molecular weight excluding hydrogens is 228 g/mol. The zero-order valence-corrected chi connectivity index (χ0v) is 10.2. The van der Waals surface area contributed by atoms with Crippen molar-refractivity contribution in [3.63, 3.8) is 0 Å². The number of benzene rings is 2. The zero-order chi connectivity index (χ0) is 13.0. The number of amides is 2. The molecule has 0 fully saturated rings. The first kappa shape index (κ1) is 10.8. The summed E-state index contributed by atoms with van der Waals surface area (Å²) in [4.78, 5) is 25.4. The Bertz CT molecular complexity index is 719. The number of nitrogens with zero attached hydrogens (tertiary/aromatic N) is 1. The van der Waals surface area contributed by atoms with Gasteiger partial charge >= 0.3 is 0 Å². The highest BCUT2D eigenvalue weighted by Crippen LogP contribution is 2.34. The Balaban J connectivity index is 2.57. The number of imide groups is 1. The highest BCUT2D eigenvalue weighted by Gasteiger charge is 2.30. The molecule has 18 heavy (non-hydrogen) atoms. The third-order valence-corrected chi connectivity index (χ3v) is 3.48. The minimum Gasteiger partial charge on any atom is -0.398 e. The molecule has 2 aromatic rings. The van der Waals surface area contributed by atoms with Crippen LogP contribution in [0.2, 0.25) is 0 Å². The number of aryl methyl sites for hydroxylation is 1. The summed E-state index contributed by atoms with van der Waals surface area (Å²) in [6.45, 7) is 1.86. The van der Waals surface area contributed by atoms with Crippen molar-refractivity contribution >= 4 is 28.3 Å². The van der Waals surface area contributed by atoms with E-state index >= 15 is 0 Å². The number of hydrogen-bond acceptors (Lipinski definition) is 3. The van der Waals surface area contributed by atoms with Gasteiger partial charge in [-0.3, -0.25) is 14.5 Å². The molecule has 1 aliphatic rings. The summed E-state index contributed by atoms with van der Waals surface area (Å²) in [5.41, 5.74) is 8.59. The molecule has 0 bridgehead atoms. The van der Waals surface area contributed by atoms with E-state index in [-0.39, 0.29) is 11.8 Å². The SMILES string of the molecule is Cc1cc2c3c(cccc3c1N)C(=O)N(C)C2=O. The molecule has 2 amide bonds. The predicted octanol–water partition coefficient (Wildman–Crippen LogP) is 1.96. The minimum atomic E-state index is -0.277. The van der Waals surface area contributed by atoms with Crippen LogP contribution in [0, 0.1) is 6.92 Å². The number of hydrogen-bond donors (Lipinski definition) is 1. The van der Waals surface area contributed by atoms with Gasteiger partial charge in [0.1, 0.15) is 0 Å². The van der Waals surface area contributed by atoms with Crippen LogP contribution in [0.1, 0.15) is 26.3 Å². The van der Waals surface area contributed by atoms with Crippen molar-refractivity contribution in [2.45, 2.75) is 6.92 Å². The van der Waals surface area contributed by atoms with Crippen molar-refractivity contribution in [3.8, 4) is 0 Å². The van der Waals surface area contributed by atoms with E-state index in [1.165, 1.54) is 7.05 Å². The van der Waals surface area contributed by atoms with E-state index in [0.717, 1.165) is 15.8 Å². The quantitative estimate of drug-likeness (QED) is 0.565. The first-order valence-corrected chi connectivity index (χ1v) is 5.66. The largest absolute Gasteiger partial charge is 0.398 e. The molecule has 0 unspecified atom stereocenters. The highest BCUT2D eigenvalue weighted by atomic mass is 16.2. The lowest BCUT2D eigenvalue weighted by molar-refractivity contribution is 0.0650. The molecule has 2 N–H and O–H groups in total. The first-order chi connectivity index (χ1) is 8.52. The smallest absolute Gasteiger partial charge is 0.261 e. The third-order valence-electron chi connectivity index (χ3n) is 3.48. The summed E-state index contributed by atoms with van der Waals surface area (Å²) >= 11 is 0. The van der Waals surface area contributed by atoms with Gasteiger partial charge in [0.15, 0.2) is 0 Å². The van der Waals surface area contributed by atoms with Gasteiger partial charge in [-0.2, -0.15) is 0 Å². The maximum atomic E-state index is 12.1. The summed E-state index contributed by atoms with van der Waals surface area (Å²) in [5, 5.41) is 1.45. The van der Waals surface area contributed by atoms with Crippen LogP contribution >= 0.6 is 0 Å². The molecule has 2 aromatic carbocycles. The van der Waals surface area contributed by atoms with Crippen molar-refractivity contribution < 1.29 is 9.59 Å². The normalized spacial score (nSPS) is 14.4. The van der Waals surface area contributed by atoms with Crippen LogP contribution in [-0.4, -0.2) is 23.8 Å². The molecule has 4 heteroatoms. The van der Waals surface area contributed by atoms with Gasteiger partial charge in [-0.05, 0) is 24.6 Å². The second kappa shape index (κ2) is 3.32. The number of nitrogen functional groups attached to an aromatic ring is 1. The maximum Gasteiger partial charge on any atom is 0.261 e. The number of anilines is 1. The molecule has 90 valence electrons. The molecule has 0 radical (unpaired) electrons. The second-order valence-corrected chi connectivity index (χ2v) is 4.55. The fraction of sp³-hybridized carbons (Fsp3) is 0.143. The fourth-order valence-electron chi connectivity index (χ4n) is 2.45. The standard InChI is InChI=1S/C14H12N2O2/c1-7-6-10-11-8(12(7)15)4-3-5-9(11)13(17)16(2)14(10)18/h3-6H,15H2,1-2H3. The van der Waals surface area contributed by atoms with Gasteiger partial charge in [-0.15, -0.1) is 0 Å². The van der Waals surface area contributed by atoms with Crippen LogP contribution in [0.5, 0.6) is 0 Å². The van der Waals surface area contributed by atoms with E-state index in [2.05, 4.69) is 0 Å². The summed E-state index contributed by atoms with van der Waals surface area (Å²) in [6, 6.07) is 7.12. The molecule has 4 nitrogen and oxygen atoms in total. The Hall–Kier alpha value is -2.36. The van der Waals surface area contributed by atoms with Crippen molar-refractivity contribution in [2.24, 2.45) is 0 Å². The number of carbonyl (C=O) groups is 2. The molecule has 1 heterocycles. The van der Waals surface area contributed by atoms with Gasteiger partial charge in [0.05, 0.1) is 0 Å². The lowest BCUT2D eigenvalue weighted by atomic mass is 9.91. The van der Waals surface area contributed by atoms with Crippen LogP contribution in [0.15, 0.2) is 24.3 Å². The van der Waals surface area contributed by atoms with E-state index in [4.69, 9.17) is 5.73 Å². The molecular formula is C14H12N2O2. The Morgan fingerprint density at radius 2 is 1.78 bits per heavy atom. The molecule has 0 saturated heterocycles. The Kier molecular flexibility index (Phi) is 1.99. The van der Waals surface area contributed by atoms with Gasteiger partial charge in [0.25, 0.3) is 11.8 Å². The van der Waals surface area contributed by atoms with Gasteiger partial charge in [0, 0.05) is 34.6 Å². The molecule has 0 aromatic heterocycles. The van der Waals surface area contributed by atoms with Gasteiger partial charge < -0.3 is 5.73 Å². The van der Waals surface area contributed by atoms with E-state index < -0.39 is 0 Å². The van der Waals surface area contributed by atoms with Crippen LogP contribution in [0.3, 0.4) is 0 Å². The van der Waals surface area contributed by atoms with Crippen molar-refractivity contribution in [1.82, 2.24) is 4.90 Å². The summed E-state index contributed by atoms with van der Waals surface area (Å²) in [6.07, 6.45) is 0. The Labute approximate surface area is 104 Å². The van der Waals surface area contributed by atoms with E-state index in [1.54, 1.807) is 18.2 Å². The number of carbonyl (C=O) groups excluding carboxylic acids is 2. The summed E-state index contributed by atoms with van der Waals surface area (Å²) in [5.74, 6) is -0.548. The summed E-state index contributed by atoms with van der Waals surface area (Å²) < 4.78 is 0. The average Bonchev–Trinajstić information content (AvgIpc) is 2.38. The summed E-state index contributed by atoms with van der Waals surface area (Å²) in [7, 11) is 1.50. The highest BCUT2D eigenvalue weighted by molar-refractivity contribution is 6.26. The molecule has 1 aliphatic heterocycles. The second-order valence-electron chi connectivity index (χ2n) is 4.55. The third kappa shape index (κ3) is 1.14. The molecule has 3 rings (SSSR count). The van der Waals surface area contributed by atoms with Crippen LogP contribution < -0.4 is 5.73 Å². The van der Waals surface area contributed by atoms with Crippen LogP contribution in [0.4, 0.5) is 5.69 Å². The van der Waals surface area contributed by atoms with Crippen molar-refractivity contribution in [2.75, 3.05) is 12.8 Å². The van der Waals surface area contributed by atoms with Crippen LogP contribution in [0.25, 0.3) is 10.8 Å².